The van der Waals surface area contributed by atoms with Crippen molar-refractivity contribution in [2.45, 2.75) is 38.8 Å². The zero-order valence-corrected chi connectivity index (χ0v) is 12.2. The Morgan fingerprint density at radius 2 is 2.21 bits per heavy atom. The molecule has 1 amide bonds. The van der Waals surface area contributed by atoms with Crippen LogP contribution in [-0.4, -0.2) is 67.2 Å². The van der Waals surface area contributed by atoms with Gasteiger partial charge in [-0.15, -0.1) is 0 Å². The molecule has 2 fully saturated rings. The molecule has 3 unspecified atom stereocenters. The fourth-order valence-corrected chi connectivity index (χ4v) is 3.21. The fourth-order valence-electron chi connectivity index (χ4n) is 3.21. The van der Waals surface area contributed by atoms with E-state index in [-0.39, 0.29) is 18.1 Å². The number of hydrogen-bond donors (Lipinski definition) is 1. The highest BCUT2D eigenvalue weighted by molar-refractivity contribution is 5.81. The molecule has 0 aliphatic carbocycles. The molecule has 0 saturated carbocycles. The summed E-state index contributed by atoms with van der Waals surface area (Å²) in [6, 6.07) is 0.182. The molecule has 0 aromatic heterocycles. The Morgan fingerprint density at radius 1 is 1.42 bits per heavy atom. The summed E-state index contributed by atoms with van der Waals surface area (Å²) in [6.07, 6.45) is 1.94. The summed E-state index contributed by atoms with van der Waals surface area (Å²) >= 11 is 0. The van der Waals surface area contributed by atoms with Gasteiger partial charge in [0.2, 0.25) is 0 Å². The minimum atomic E-state index is -0.298. The number of likely N-dealkylation sites (tertiary alicyclic amines) is 1. The van der Waals surface area contributed by atoms with Crippen LogP contribution in [0.2, 0.25) is 0 Å². The van der Waals surface area contributed by atoms with Crippen LogP contribution in [0.1, 0.15) is 26.7 Å². The number of nitrogens with zero attached hydrogens (tertiary/aromatic N) is 2. The molecule has 2 aliphatic rings. The van der Waals surface area contributed by atoms with Crippen molar-refractivity contribution in [3.8, 4) is 0 Å². The van der Waals surface area contributed by atoms with Crippen molar-refractivity contribution in [3.05, 3.63) is 0 Å². The SMILES string of the molecule is CCN1CCOC(C(=O)N2CCCC(C)C2CN)C1. The van der Waals surface area contributed by atoms with Crippen molar-refractivity contribution < 1.29 is 9.53 Å². The highest BCUT2D eigenvalue weighted by Gasteiger charge is 2.36. The van der Waals surface area contributed by atoms with Crippen molar-refractivity contribution >= 4 is 5.91 Å². The van der Waals surface area contributed by atoms with Crippen LogP contribution in [0, 0.1) is 5.92 Å². The topological polar surface area (TPSA) is 58.8 Å². The molecule has 0 aromatic carbocycles. The van der Waals surface area contributed by atoms with E-state index in [9.17, 15) is 4.79 Å². The molecule has 0 radical (unpaired) electrons. The highest BCUT2D eigenvalue weighted by atomic mass is 16.5. The van der Waals surface area contributed by atoms with E-state index in [1.54, 1.807) is 0 Å². The number of hydrogen-bond acceptors (Lipinski definition) is 4. The van der Waals surface area contributed by atoms with Crippen LogP contribution >= 0.6 is 0 Å². The molecule has 2 saturated heterocycles. The van der Waals surface area contributed by atoms with Gasteiger partial charge in [0.1, 0.15) is 6.10 Å². The Hall–Kier alpha value is -0.650. The van der Waals surface area contributed by atoms with Crippen LogP contribution in [0.25, 0.3) is 0 Å². The maximum Gasteiger partial charge on any atom is 0.253 e. The molecule has 2 rings (SSSR count). The average Bonchev–Trinajstić information content (AvgIpc) is 2.46. The Labute approximate surface area is 116 Å². The molecule has 0 bridgehead atoms. The molecular weight excluding hydrogens is 242 g/mol. The molecule has 110 valence electrons. The number of carbonyl (C=O) groups excluding carboxylic acids is 1. The maximum atomic E-state index is 12.6. The van der Waals surface area contributed by atoms with Gasteiger partial charge in [0.05, 0.1) is 6.61 Å². The van der Waals surface area contributed by atoms with Crippen LogP contribution in [0.5, 0.6) is 0 Å². The lowest BCUT2D eigenvalue weighted by atomic mass is 9.90. The second-order valence-electron chi connectivity index (χ2n) is 5.71. The number of morpholine rings is 1. The van der Waals surface area contributed by atoms with Gasteiger partial charge in [-0.1, -0.05) is 13.8 Å². The van der Waals surface area contributed by atoms with Gasteiger partial charge in [0, 0.05) is 32.2 Å². The largest absolute Gasteiger partial charge is 0.366 e. The molecule has 0 aromatic rings. The molecular formula is C14H27N3O2. The number of ether oxygens (including phenoxy) is 1. The van der Waals surface area contributed by atoms with E-state index in [0.29, 0.717) is 19.1 Å². The minimum Gasteiger partial charge on any atom is -0.366 e. The van der Waals surface area contributed by atoms with Crippen LogP contribution in [0.3, 0.4) is 0 Å². The molecule has 2 heterocycles. The Bertz CT molecular complexity index is 311. The van der Waals surface area contributed by atoms with Gasteiger partial charge in [0.15, 0.2) is 0 Å². The number of likely N-dealkylation sites (N-methyl/N-ethyl adjacent to an activating group) is 1. The second kappa shape index (κ2) is 6.68. The molecule has 5 nitrogen and oxygen atoms in total. The monoisotopic (exact) mass is 269 g/mol. The molecule has 3 atom stereocenters. The van der Waals surface area contributed by atoms with E-state index >= 15 is 0 Å². The van der Waals surface area contributed by atoms with Gasteiger partial charge in [0.25, 0.3) is 5.91 Å². The number of rotatable bonds is 3. The Kier molecular flexibility index (Phi) is 5.19. The van der Waals surface area contributed by atoms with E-state index in [4.69, 9.17) is 10.5 Å². The summed E-state index contributed by atoms with van der Waals surface area (Å²) in [5.74, 6) is 0.633. The first-order chi connectivity index (χ1) is 9.17. The van der Waals surface area contributed by atoms with Crippen LogP contribution in [-0.2, 0) is 9.53 Å². The van der Waals surface area contributed by atoms with Crippen molar-refractivity contribution in [1.29, 1.82) is 0 Å². The zero-order valence-electron chi connectivity index (χ0n) is 12.2. The number of amides is 1. The summed E-state index contributed by atoms with van der Waals surface area (Å²) in [5, 5.41) is 0. The van der Waals surface area contributed by atoms with Gasteiger partial charge >= 0.3 is 0 Å². The first-order valence-corrected chi connectivity index (χ1v) is 7.51. The van der Waals surface area contributed by atoms with Gasteiger partial charge < -0.3 is 15.4 Å². The Morgan fingerprint density at radius 3 is 2.89 bits per heavy atom. The normalized spacial score (nSPS) is 33.4. The van der Waals surface area contributed by atoms with Crippen LogP contribution < -0.4 is 5.73 Å². The summed E-state index contributed by atoms with van der Waals surface area (Å²) in [4.78, 5) is 16.9. The van der Waals surface area contributed by atoms with E-state index in [1.165, 1.54) is 0 Å². The van der Waals surface area contributed by atoms with E-state index < -0.39 is 0 Å². The van der Waals surface area contributed by atoms with E-state index in [2.05, 4.69) is 18.7 Å². The average molecular weight is 269 g/mol. The molecule has 2 N–H and O–H groups in total. The lowest BCUT2D eigenvalue weighted by Gasteiger charge is -2.42. The van der Waals surface area contributed by atoms with Gasteiger partial charge in [-0.05, 0) is 25.3 Å². The predicted molar refractivity (Wildman–Crippen MR) is 74.8 cm³/mol. The second-order valence-corrected chi connectivity index (χ2v) is 5.71. The van der Waals surface area contributed by atoms with Crippen molar-refractivity contribution in [2.24, 2.45) is 11.7 Å². The molecule has 0 spiro atoms. The van der Waals surface area contributed by atoms with Crippen molar-refractivity contribution in [1.82, 2.24) is 9.80 Å². The first-order valence-electron chi connectivity index (χ1n) is 7.51. The lowest BCUT2D eigenvalue weighted by Crippen LogP contribution is -2.57. The summed E-state index contributed by atoms with van der Waals surface area (Å²) in [7, 11) is 0. The number of carbonyl (C=O) groups is 1. The quantitative estimate of drug-likeness (QED) is 0.800. The summed E-state index contributed by atoms with van der Waals surface area (Å²) in [5.41, 5.74) is 5.86. The van der Waals surface area contributed by atoms with E-state index in [0.717, 1.165) is 39.0 Å². The molecule has 5 heteroatoms. The van der Waals surface area contributed by atoms with Crippen LogP contribution in [0.15, 0.2) is 0 Å². The third-order valence-corrected chi connectivity index (χ3v) is 4.51. The third-order valence-electron chi connectivity index (χ3n) is 4.51. The zero-order chi connectivity index (χ0) is 13.8. The molecule has 19 heavy (non-hydrogen) atoms. The predicted octanol–water partition coefficient (Wildman–Crippen LogP) is 0.293. The fraction of sp³-hybridized carbons (Fsp3) is 0.929. The van der Waals surface area contributed by atoms with Crippen LogP contribution in [0.4, 0.5) is 0 Å². The highest BCUT2D eigenvalue weighted by Crippen LogP contribution is 2.24. The summed E-state index contributed by atoms with van der Waals surface area (Å²) in [6.45, 7) is 8.98. The number of piperidine rings is 1. The van der Waals surface area contributed by atoms with Gasteiger partial charge in [-0.25, -0.2) is 0 Å². The smallest absolute Gasteiger partial charge is 0.253 e. The third kappa shape index (κ3) is 3.27. The van der Waals surface area contributed by atoms with Crippen molar-refractivity contribution in [3.63, 3.8) is 0 Å². The minimum absolute atomic E-state index is 0.139. The lowest BCUT2D eigenvalue weighted by molar-refractivity contribution is -0.154. The van der Waals surface area contributed by atoms with Gasteiger partial charge in [-0.2, -0.15) is 0 Å². The first kappa shape index (κ1) is 14.8. The van der Waals surface area contributed by atoms with Crippen molar-refractivity contribution in [2.75, 3.05) is 39.3 Å². The summed E-state index contributed by atoms with van der Waals surface area (Å²) < 4.78 is 5.68. The number of nitrogens with two attached hydrogens (primary N) is 1. The maximum absolute atomic E-state index is 12.6. The standard InChI is InChI=1S/C14H27N3O2/c1-3-16-7-8-19-13(10-16)14(18)17-6-4-5-11(2)12(17)9-15/h11-13H,3-10,15H2,1-2H3. The Balaban J connectivity index is 2.01. The molecule has 2 aliphatic heterocycles. The van der Waals surface area contributed by atoms with E-state index in [1.807, 2.05) is 4.90 Å². The van der Waals surface area contributed by atoms with Gasteiger partial charge in [-0.3, -0.25) is 9.69 Å².